The van der Waals surface area contributed by atoms with E-state index in [9.17, 15) is 15.0 Å². The van der Waals surface area contributed by atoms with Crippen molar-refractivity contribution in [2.24, 2.45) is 5.92 Å². The zero-order valence-electron chi connectivity index (χ0n) is 18.7. The summed E-state index contributed by atoms with van der Waals surface area (Å²) in [7, 11) is 0. The number of aromatic nitrogens is 3. The van der Waals surface area contributed by atoms with Gasteiger partial charge in [-0.05, 0) is 68.0 Å². The topological polar surface area (TPSA) is 144 Å². The Kier molecular flexibility index (Phi) is 6.28. The quantitative estimate of drug-likeness (QED) is 0.311. The third-order valence-corrected chi connectivity index (χ3v) is 7.58. The Morgan fingerprint density at radius 1 is 1.21 bits per heavy atom. The average Bonchev–Trinajstić information content (AvgIpc) is 3.52. The Hall–Kier alpha value is -2.96. The molecule has 2 aliphatic rings. The Labute approximate surface area is 200 Å². The lowest BCUT2D eigenvalue weighted by Gasteiger charge is -2.32. The summed E-state index contributed by atoms with van der Waals surface area (Å²) in [4.78, 5) is 25.8. The molecule has 0 spiro atoms. The number of nitrogens with one attached hydrogen (secondary N) is 4. The van der Waals surface area contributed by atoms with Gasteiger partial charge in [-0.2, -0.15) is 5.53 Å². The zero-order chi connectivity index (χ0) is 23.7. The van der Waals surface area contributed by atoms with Gasteiger partial charge in [0, 0.05) is 18.9 Å². The maximum atomic E-state index is 11.2. The number of carboxylic acids is 1. The predicted molar refractivity (Wildman–Crippen MR) is 128 cm³/mol. The van der Waals surface area contributed by atoms with Gasteiger partial charge in [0.1, 0.15) is 22.2 Å². The molecular weight excluding hydrogens is 454 g/mol. The van der Waals surface area contributed by atoms with E-state index in [4.69, 9.17) is 4.98 Å². The number of hydrogen-bond donors (Lipinski definition) is 6. The fraction of sp³-hybridized carbons (Fsp3) is 0.391. The Morgan fingerprint density at radius 2 is 2.03 bits per heavy atom. The van der Waals surface area contributed by atoms with Gasteiger partial charge in [-0.3, -0.25) is 4.79 Å². The molecule has 6 N–H and O–H groups in total. The summed E-state index contributed by atoms with van der Waals surface area (Å²) in [5, 5.41) is 24.3. The second-order valence-corrected chi connectivity index (χ2v) is 9.92. The molecule has 0 amide bonds. The number of thiazole rings is 1. The molecule has 178 valence electrons. The van der Waals surface area contributed by atoms with E-state index < -0.39 is 17.5 Å². The Balaban J connectivity index is 1.34. The van der Waals surface area contributed by atoms with Crippen LogP contribution in [0.25, 0.3) is 10.6 Å². The second-order valence-electron chi connectivity index (χ2n) is 8.89. The third kappa shape index (κ3) is 4.79. The number of aliphatic hydroxyl groups is 1. The van der Waals surface area contributed by atoms with E-state index in [-0.39, 0.29) is 6.04 Å². The molecule has 1 aliphatic carbocycles. The number of hydrogen-bond acceptors (Lipinski definition) is 10. The van der Waals surface area contributed by atoms with E-state index in [0.29, 0.717) is 42.3 Å². The van der Waals surface area contributed by atoms with Crippen LogP contribution in [0.3, 0.4) is 0 Å². The summed E-state index contributed by atoms with van der Waals surface area (Å²) in [6.07, 6.45) is 5.20. The molecule has 10 nitrogen and oxygen atoms in total. The molecule has 1 saturated heterocycles. The van der Waals surface area contributed by atoms with Gasteiger partial charge in [0.25, 0.3) is 0 Å². The molecule has 3 aromatic heterocycles. The zero-order valence-corrected chi connectivity index (χ0v) is 19.5. The molecule has 1 saturated carbocycles. The summed E-state index contributed by atoms with van der Waals surface area (Å²) in [6, 6.07) is 8.05. The first-order valence-electron chi connectivity index (χ1n) is 11.3. The van der Waals surface area contributed by atoms with Crippen LogP contribution in [0.2, 0.25) is 0 Å². The van der Waals surface area contributed by atoms with Crippen molar-refractivity contribution in [3.05, 3.63) is 52.8 Å². The number of rotatable bonds is 6. The van der Waals surface area contributed by atoms with Crippen molar-refractivity contribution in [2.75, 3.05) is 11.9 Å². The van der Waals surface area contributed by atoms with Crippen LogP contribution < -0.4 is 21.7 Å². The van der Waals surface area contributed by atoms with Crippen LogP contribution in [0, 0.1) is 12.8 Å². The number of hydrazine groups is 2. The van der Waals surface area contributed by atoms with E-state index in [1.54, 1.807) is 12.4 Å². The summed E-state index contributed by atoms with van der Waals surface area (Å²) in [5.74, 6) is 0.185. The first kappa shape index (κ1) is 22.8. The maximum absolute atomic E-state index is 11.2. The Morgan fingerprint density at radius 3 is 2.76 bits per heavy atom. The van der Waals surface area contributed by atoms with Crippen LogP contribution in [0.15, 0.2) is 36.7 Å². The van der Waals surface area contributed by atoms with Crippen LogP contribution >= 0.6 is 11.3 Å². The van der Waals surface area contributed by atoms with Gasteiger partial charge in [0.15, 0.2) is 0 Å². The third-order valence-electron chi connectivity index (χ3n) is 6.37. The minimum Gasteiger partial charge on any atom is -0.481 e. The number of pyridine rings is 2. The van der Waals surface area contributed by atoms with Crippen LogP contribution in [0.4, 0.5) is 11.6 Å². The van der Waals surface area contributed by atoms with Crippen molar-refractivity contribution in [3.8, 4) is 10.6 Å². The molecule has 4 heterocycles. The fourth-order valence-electron chi connectivity index (χ4n) is 4.43. The molecular formula is C23H27N7O3S. The highest BCUT2D eigenvalue weighted by atomic mass is 32.1. The lowest BCUT2D eigenvalue weighted by molar-refractivity contribution is -0.145. The molecule has 3 aromatic rings. The Bertz CT molecular complexity index is 1190. The van der Waals surface area contributed by atoms with Gasteiger partial charge < -0.3 is 15.5 Å². The molecule has 1 atom stereocenters. The molecule has 34 heavy (non-hydrogen) atoms. The number of nitrogens with zero attached hydrogens (tertiary/aromatic N) is 3. The van der Waals surface area contributed by atoms with Gasteiger partial charge in [-0.15, -0.1) is 11.3 Å². The van der Waals surface area contributed by atoms with E-state index in [0.717, 1.165) is 28.2 Å². The van der Waals surface area contributed by atoms with Gasteiger partial charge in [0.05, 0.1) is 22.5 Å². The van der Waals surface area contributed by atoms with Crippen molar-refractivity contribution in [2.45, 2.75) is 44.2 Å². The highest BCUT2D eigenvalue weighted by Gasteiger charge is 2.39. The van der Waals surface area contributed by atoms with Crippen molar-refractivity contribution in [1.82, 2.24) is 31.3 Å². The minimum absolute atomic E-state index is 0.150. The van der Waals surface area contributed by atoms with Crippen LogP contribution in [-0.2, 0) is 10.4 Å². The standard InChI is InChI=1S/C23H27N7O3S/c1-13-8-16(18-12-25-22(34-18)23(33)5-2-14(3-6-23)21(31)32)27-20(9-13)28-19-10-15(4-7-24-19)17-11-26-30-29-17/h4,7-10,12,14,17,26,29-30,33H,2-3,5-6,11H2,1H3,(H,31,32)(H,24,27,28). The molecule has 1 aliphatic heterocycles. The smallest absolute Gasteiger partial charge is 0.306 e. The highest BCUT2D eigenvalue weighted by molar-refractivity contribution is 7.15. The van der Waals surface area contributed by atoms with Gasteiger partial charge in [0.2, 0.25) is 0 Å². The second kappa shape index (κ2) is 9.35. The van der Waals surface area contributed by atoms with Crippen molar-refractivity contribution in [1.29, 1.82) is 0 Å². The van der Waals surface area contributed by atoms with E-state index in [1.807, 2.05) is 31.2 Å². The lowest BCUT2D eigenvalue weighted by Crippen LogP contribution is -2.33. The summed E-state index contributed by atoms with van der Waals surface area (Å²) in [6.45, 7) is 2.77. The van der Waals surface area contributed by atoms with Gasteiger partial charge in [-0.1, -0.05) is 0 Å². The van der Waals surface area contributed by atoms with Crippen molar-refractivity contribution in [3.63, 3.8) is 0 Å². The van der Waals surface area contributed by atoms with Crippen LogP contribution in [0.1, 0.15) is 47.9 Å². The minimum atomic E-state index is -1.08. The molecule has 0 aromatic carbocycles. The van der Waals surface area contributed by atoms with E-state index in [2.05, 4.69) is 31.7 Å². The first-order chi connectivity index (χ1) is 16.4. The van der Waals surface area contributed by atoms with Crippen molar-refractivity contribution < 1.29 is 15.0 Å². The lowest BCUT2D eigenvalue weighted by atomic mass is 9.79. The van der Waals surface area contributed by atoms with E-state index >= 15 is 0 Å². The van der Waals surface area contributed by atoms with Gasteiger partial charge >= 0.3 is 5.97 Å². The predicted octanol–water partition coefficient (Wildman–Crippen LogP) is 2.77. The maximum Gasteiger partial charge on any atom is 0.306 e. The normalized spacial score (nSPS) is 24.8. The molecule has 5 rings (SSSR count). The highest BCUT2D eigenvalue weighted by Crippen LogP contribution is 2.42. The molecule has 0 radical (unpaired) electrons. The van der Waals surface area contributed by atoms with Crippen LogP contribution in [0.5, 0.6) is 0 Å². The van der Waals surface area contributed by atoms with Crippen LogP contribution in [-0.4, -0.2) is 37.7 Å². The summed E-state index contributed by atoms with van der Waals surface area (Å²) < 4.78 is 0. The number of aryl methyl sites for hydroxylation is 1. The van der Waals surface area contributed by atoms with E-state index in [1.165, 1.54) is 11.3 Å². The molecule has 2 fully saturated rings. The number of aliphatic carboxylic acids is 1. The van der Waals surface area contributed by atoms with Crippen molar-refractivity contribution >= 4 is 28.9 Å². The molecule has 0 bridgehead atoms. The number of carbonyl (C=O) groups is 1. The molecule has 11 heteroatoms. The fourth-order valence-corrected chi connectivity index (χ4v) is 5.45. The number of anilines is 2. The SMILES string of the molecule is Cc1cc(Nc2cc(C3CNNN3)ccn2)nc(-c2cnc(C3(O)CCC(C(=O)O)CC3)s2)c1. The monoisotopic (exact) mass is 481 g/mol. The number of carboxylic acid groups (broad SMARTS) is 1. The van der Waals surface area contributed by atoms with Gasteiger partial charge in [-0.25, -0.2) is 25.8 Å². The largest absolute Gasteiger partial charge is 0.481 e. The molecule has 1 unspecified atom stereocenters. The first-order valence-corrected chi connectivity index (χ1v) is 12.1. The summed E-state index contributed by atoms with van der Waals surface area (Å²) in [5.41, 5.74) is 10.9. The average molecular weight is 482 g/mol. The summed E-state index contributed by atoms with van der Waals surface area (Å²) >= 11 is 1.41.